The second-order valence-corrected chi connectivity index (χ2v) is 4.79. The Hall–Kier alpha value is -0.900. The lowest BCUT2D eigenvalue weighted by Gasteiger charge is -1.99. The third kappa shape index (κ3) is 3.63. The summed E-state index contributed by atoms with van der Waals surface area (Å²) in [6, 6.07) is 20.3. The van der Waals surface area contributed by atoms with E-state index in [4.69, 9.17) is 0 Å². The summed E-state index contributed by atoms with van der Waals surface area (Å²) in [5.41, 5.74) is 0. The van der Waals surface area contributed by atoms with Crippen LogP contribution in [0.4, 0.5) is 0 Å². The maximum Gasteiger partial charge on any atom is 0.0253 e. The van der Waals surface area contributed by atoms with Gasteiger partial charge in [0, 0.05) is 9.79 Å². The Kier molecular flexibility index (Phi) is 4.14. The van der Waals surface area contributed by atoms with Gasteiger partial charge in [-0.3, -0.25) is 0 Å². The van der Waals surface area contributed by atoms with Gasteiger partial charge in [-0.05, 0) is 48.2 Å². The van der Waals surface area contributed by atoms with Gasteiger partial charge in [-0.2, -0.15) is 0 Å². The molecule has 75 valence electrons. The van der Waals surface area contributed by atoms with Gasteiger partial charge in [0.05, 0.1) is 0 Å². The van der Waals surface area contributed by atoms with Gasteiger partial charge in [0.25, 0.3) is 0 Å². The van der Waals surface area contributed by atoms with Crippen LogP contribution in [0.15, 0.2) is 70.5 Å². The molecule has 0 heterocycles. The molecule has 0 unspecified atom stereocenters. The quantitative estimate of drug-likeness (QED) is 0.739. The van der Waals surface area contributed by atoms with E-state index in [1.807, 2.05) is 36.4 Å². The molecule has 0 saturated heterocycles. The van der Waals surface area contributed by atoms with Crippen molar-refractivity contribution in [2.75, 3.05) is 0 Å². The fourth-order valence-corrected chi connectivity index (χ4v) is 2.46. The SMILES string of the molecule is c1ccc(S[N]Sc2ccccc2)cc1. The van der Waals surface area contributed by atoms with Crippen LogP contribution < -0.4 is 4.13 Å². The molecule has 0 amide bonds. The molecule has 0 atom stereocenters. The van der Waals surface area contributed by atoms with E-state index >= 15 is 0 Å². The lowest BCUT2D eigenvalue weighted by Crippen LogP contribution is -1.80. The Morgan fingerprint density at radius 2 is 1.00 bits per heavy atom. The van der Waals surface area contributed by atoms with Crippen molar-refractivity contribution < 1.29 is 0 Å². The molecule has 0 saturated carbocycles. The first kappa shape index (κ1) is 10.6. The highest BCUT2D eigenvalue weighted by molar-refractivity contribution is 8.12. The van der Waals surface area contributed by atoms with E-state index in [-0.39, 0.29) is 0 Å². The molecule has 0 N–H and O–H groups in total. The fraction of sp³-hybridized carbons (Fsp3) is 0. The lowest BCUT2D eigenvalue weighted by molar-refractivity contribution is 1.42. The van der Waals surface area contributed by atoms with Gasteiger partial charge >= 0.3 is 0 Å². The van der Waals surface area contributed by atoms with Gasteiger partial charge in [0.1, 0.15) is 0 Å². The first-order chi connectivity index (χ1) is 7.45. The minimum absolute atomic E-state index is 1.17. The Morgan fingerprint density at radius 3 is 1.40 bits per heavy atom. The van der Waals surface area contributed by atoms with Crippen molar-refractivity contribution in [2.45, 2.75) is 9.79 Å². The maximum atomic E-state index is 4.35. The van der Waals surface area contributed by atoms with Crippen LogP contribution in [0.1, 0.15) is 0 Å². The predicted molar refractivity (Wildman–Crippen MR) is 66.7 cm³/mol. The lowest BCUT2D eigenvalue weighted by atomic mass is 10.4. The molecular weight excluding hydrogens is 222 g/mol. The highest BCUT2D eigenvalue weighted by Crippen LogP contribution is 2.23. The topological polar surface area (TPSA) is 14.1 Å². The summed E-state index contributed by atoms with van der Waals surface area (Å²) >= 11 is 3.01. The Bertz CT molecular complexity index is 349. The molecule has 1 radical (unpaired) electrons. The van der Waals surface area contributed by atoms with Crippen molar-refractivity contribution in [2.24, 2.45) is 0 Å². The van der Waals surface area contributed by atoms with Crippen LogP contribution in [0.25, 0.3) is 0 Å². The zero-order valence-corrected chi connectivity index (χ0v) is 9.67. The monoisotopic (exact) mass is 232 g/mol. The van der Waals surface area contributed by atoms with Gasteiger partial charge in [-0.25, -0.2) is 0 Å². The number of hydrogen-bond acceptors (Lipinski definition) is 2. The van der Waals surface area contributed by atoms with E-state index in [0.717, 1.165) is 0 Å². The van der Waals surface area contributed by atoms with Crippen LogP contribution in [0, 0.1) is 0 Å². The molecule has 0 aliphatic carbocycles. The van der Waals surface area contributed by atoms with E-state index in [9.17, 15) is 0 Å². The minimum atomic E-state index is 1.17. The molecular formula is C12H10NS2. The zero-order valence-electron chi connectivity index (χ0n) is 8.04. The molecule has 3 heteroatoms. The second-order valence-electron chi connectivity index (χ2n) is 2.88. The average molecular weight is 232 g/mol. The van der Waals surface area contributed by atoms with Gasteiger partial charge in [0.2, 0.25) is 0 Å². The van der Waals surface area contributed by atoms with E-state index in [2.05, 4.69) is 28.4 Å². The molecule has 0 bridgehead atoms. The van der Waals surface area contributed by atoms with Gasteiger partial charge in [-0.1, -0.05) is 40.5 Å². The van der Waals surface area contributed by atoms with Gasteiger partial charge in [0.15, 0.2) is 0 Å². The fourth-order valence-electron chi connectivity index (χ4n) is 1.07. The first-order valence-corrected chi connectivity index (χ1v) is 6.14. The maximum absolute atomic E-state index is 4.35. The Morgan fingerprint density at radius 1 is 0.600 bits per heavy atom. The number of hydrogen-bond donors (Lipinski definition) is 0. The van der Waals surface area contributed by atoms with E-state index < -0.39 is 0 Å². The smallest absolute Gasteiger partial charge is 0.0253 e. The van der Waals surface area contributed by atoms with Crippen molar-refractivity contribution in [1.29, 1.82) is 0 Å². The Balaban J connectivity index is 1.81. The standard InChI is InChI=1S/C12H10NS2/c1-3-7-11(8-4-1)14-13-15-12-9-5-2-6-10-12/h1-10H. The third-order valence-electron chi connectivity index (χ3n) is 1.77. The summed E-state index contributed by atoms with van der Waals surface area (Å²) in [5.74, 6) is 0. The summed E-state index contributed by atoms with van der Waals surface area (Å²) in [6.07, 6.45) is 0. The van der Waals surface area contributed by atoms with Crippen LogP contribution in [0.3, 0.4) is 0 Å². The van der Waals surface area contributed by atoms with Crippen LogP contribution in [0.5, 0.6) is 0 Å². The first-order valence-electron chi connectivity index (χ1n) is 4.59. The molecule has 2 rings (SSSR count). The summed E-state index contributed by atoms with van der Waals surface area (Å²) in [7, 11) is 0. The number of nitrogens with zero attached hydrogens (tertiary/aromatic N) is 1. The molecule has 0 aliphatic heterocycles. The summed E-state index contributed by atoms with van der Waals surface area (Å²) in [4.78, 5) is 2.34. The highest BCUT2D eigenvalue weighted by atomic mass is 32.2. The van der Waals surface area contributed by atoms with Crippen molar-refractivity contribution in [1.82, 2.24) is 4.13 Å². The summed E-state index contributed by atoms with van der Waals surface area (Å²) in [5, 5.41) is 0. The van der Waals surface area contributed by atoms with Gasteiger partial charge in [-0.15, -0.1) is 0 Å². The molecule has 0 fully saturated rings. The van der Waals surface area contributed by atoms with Crippen molar-refractivity contribution in [3.63, 3.8) is 0 Å². The van der Waals surface area contributed by atoms with Crippen LogP contribution in [-0.2, 0) is 0 Å². The molecule has 15 heavy (non-hydrogen) atoms. The minimum Gasteiger partial charge on any atom is -0.0968 e. The molecule has 2 aromatic rings. The molecule has 0 spiro atoms. The largest absolute Gasteiger partial charge is 0.0968 e. The molecule has 2 aromatic carbocycles. The molecule has 1 nitrogen and oxygen atoms in total. The van der Waals surface area contributed by atoms with Crippen LogP contribution >= 0.6 is 23.9 Å². The van der Waals surface area contributed by atoms with Crippen LogP contribution in [-0.4, -0.2) is 0 Å². The Labute approximate surface area is 98.6 Å². The normalized spacial score (nSPS) is 10.1. The van der Waals surface area contributed by atoms with E-state index in [0.29, 0.717) is 0 Å². The third-order valence-corrected chi connectivity index (χ3v) is 3.33. The predicted octanol–water partition coefficient (Wildman–Crippen LogP) is 4.01. The van der Waals surface area contributed by atoms with E-state index in [1.54, 1.807) is 0 Å². The average Bonchev–Trinajstić information content (AvgIpc) is 2.32. The molecule has 0 aromatic heterocycles. The van der Waals surface area contributed by atoms with Crippen LogP contribution in [0.2, 0.25) is 0 Å². The number of rotatable bonds is 4. The van der Waals surface area contributed by atoms with Crippen molar-refractivity contribution in [3.05, 3.63) is 60.7 Å². The summed E-state index contributed by atoms with van der Waals surface area (Å²) in [6.45, 7) is 0. The molecule has 0 aliphatic rings. The van der Waals surface area contributed by atoms with Crippen molar-refractivity contribution >= 4 is 23.9 Å². The van der Waals surface area contributed by atoms with Crippen molar-refractivity contribution in [3.8, 4) is 0 Å². The number of benzene rings is 2. The van der Waals surface area contributed by atoms with E-state index in [1.165, 1.54) is 33.7 Å². The second kappa shape index (κ2) is 5.85. The summed E-state index contributed by atoms with van der Waals surface area (Å²) < 4.78 is 4.35. The zero-order chi connectivity index (χ0) is 10.3. The highest BCUT2D eigenvalue weighted by Gasteiger charge is 1.95. The van der Waals surface area contributed by atoms with Gasteiger partial charge < -0.3 is 0 Å².